The number of carbonyl (C=O) groups is 1. The van der Waals surface area contributed by atoms with Gasteiger partial charge >= 0.3 is 5.97 Å². The molecule has 1 aliphatic rings. The summed E-state index contributed by atoms with van der Waals surface area (Å²) >= 11 is 0. The van der Waals surface area contributed by atoms with Gasteiger partial charge in [-0.3, -0.25) is 9.69 Å². The average molecular weight is 199 g/mol. The van der Waals surface area contributed by atoms with Crippen molar-refractivity contribution < 1.29 is 9.90 Å². The summed E-state index contributed by atoms with van der Waals surface area (Å²) in [6, 6.07) is 0.622. The highest BCUT2D eigenvalue weighted by atomic mass is 16.4. The van der Waals surface area contributed by atoms with E-state index >= 15 is 0 Å². The van der Waals surface area contributed by atoms with Crippen molar-refractivity contribution in [3.05, 3.63) is 0 Å². The third-order valence-corrected chi connectivity index (χ3v) is 3.08. The van der Waals surface area contributed by atoms with E-state index in [1.807, 2.05) is 0 Å². The number of carboxylic acid groups (broad SMARTS) is 1. The Kier molecular flexibility index (Phi) is 4.94. The van der Waals surface area contributed by atoms with Gasteiger partial charge in [0.25, 0.3) is 0 Å². The van der Waals surface area contributed by atoms with Crippen molar-refractivity contribution >= 4 is 5.97 Å². The molecule has 14 heavy (non-hydrogen) atoms. The van der Waals surface area contributed by atoms with Crippen molar-refractivity contribution in [1.82, 2.24) is 4.90 Å². The van der Waals surface area contributed by atoms with E-state index in [0.29, 0.717) is 6.04 Å². The highest BCUT2D eigenvalue weighted by Crippen LogP contribution is 2.18. The molecule has 3 heteroatoms. The zero-order valence-corrected chi connectivity index (χ0v) is 9.04. The van der Waals surface area contributed by atoms with E-state index in [4.69, 9.17) is 5.11 Å². The summed E-state index contributed by atoms with van der Waals surface area (Å²) < 4.78 is 0. The first kappa shape index (κ1) is 11.5. The maximum atomic E-state index is 10.5. The topological polar surface area (TPSA) is 40.5 Å². The fourth-order valence-corrected chi connectivity index (χ4v) is 2.23. The first-order chi connectivity index (χ1) is 6.74. The second-order valence-electron chi connectivity index (χ2n) is 4.09. The Labute approximate surface area is 86.1 Å². The molecule has 0 radical (unpaired) electrons. The van der Waals surface area contributed by atoms with Gasteiger partial charge in [-0.1, -0.05) is 19.8 Å². The SMILES string of the molecule is CCC1CCCCCN1CCC(=O)O. The van der Waals surface area contributed by atoms with Crippen LogP contribution in [0.5, 0.6) is 0 Å². The van der Waals surface area contributed by atoms with Crippen molar-refractivity contribution in [2.75, 3.05) is 13.1 Å². The van der Waals surface area contributed by atoms with Gasteiger partial charge in [0.1, 0.15) is 0 Å². The number of hydrogen-bond acceptors (Lipinski definition) is 2. The maximum Gasteiger partial charge on any atom is 0.304 e. The Morgan fingerprint density at radius 1 is 1.43 bits per heavy atom. The highest BCUT2D eigenvalue weighted by Gasteiger charge is 2.19. The summed E-state index contributed by atoms with van der Waals surface area (Å²) in [4.78, 5) is 12.9. The van der Waals surface area contributed by atoms with Crippen LogP contribution in [0.3, 0.4) is 0 Å². The van der Waals surface area contributed by atoms with E-state index in [-0.39, 0.29) is 6.42 Å². The zero-order valence-electron chi connectivity index (χ0n) is 9.04. The van der Waals surface area contributed by atoms with E-state index in [0.717, 1.165) is 19.5 Å². The van der Waals surface area contributed by atoms with Crippen LogP contribution in [0.25, 0.3) is 0 Å². The summed E-state index contributed by atoms with van der Waals surface area (Å²) in [7, 11) is 0. The lowest BCUT2D eigenvalue weighted by atomic mass is 10.1. The van der Waals surface area contributed by atoms with Crippen LogP contribution in [0.15, 0.2) is 0 Å². The fraction of sp³-hybridized carbons (Fsp3) is 0.909. The second-order valence-corrected chi connectivity index (χ2v) is 4.09. The number of rotatable bonds is 4. The summed E-state index contributed by atoms with van der Waals surface area (Å²) in [5, 5.41) is 8.65. The molecule has 0 saturated carbocycles. The molecule has 1 heterocycles. The Morgan fingerprint density at radius 2 is 2.21 bits per heavy atom. The Morgan fingerprint density at radius 3 is 2.86 bits per heavy atom. The van der Waals surface area contributed by atoms with E-state index in [9.17, 15) is 4.79 Å². The number of aliphatic carboxylic acids is 1. The monoisotopic (exact) mass is 199 g/mol. The predicted molar refractivity (Wildman–Crippen MR) is 56.4 cm³/mol. The largest absolute Gasteiger partial charge is 0.481 e. The lowest BCUT2D eigenvalue weighted by Gasteiger charge is -2.28. The van der Waals surface area contributed by atoms with Crippen LogP contribution in [0.1, 0.15) is 45.4 Å². The molecule has 0 bridgehead atoms. The quantitative estimate of drug-likeness (QED) is 0.754. The van der Waals surface area contributed by atoms with Crippen molar-refractivity contribution in [3.63, 3.8) is 0 Å². The molecule has 0 aromatic heterocycles. The van der Waals surface area contributed by atoms with Crippen LogP contribution in [-0.4, -0.2) is 35.1 Å². The molecule has 0 spiro atoms. The molecule has 0 aromatic carbocycles. The molecule has 1 unspecified atom stereocenters. The van der Waals surface area contributed by atoms with E-state index < -0.39 is 5.97 Å². The van der Waals surface area contributed by atoms with Gasteiger partial charge in [-0.25, -0.2) is 0 Å². The van der Waals surface area contributed by atoms with Gasteiger partial charge in [-0.2, -0.15) is 0 Å². The minimum Gasteiger partial charge on any atom is -0.481 e. The van der Waals surface area contributed by atoms with Gasteiger partial charge in [0.05, 0.1) is 6.42 Å². The zero-order chi connectivity index (χ0) is 10.4. The highest BCUT2D eigenvalue weighted by molar-refractivity contribution is 5.66. The number of hydrogen-bond donors (Lipinski definition) is 1. The molecule has 1 rings (SSSR count). The molecule has 1 atom stereocenters. The molecule has 1 N–H and O–H groups in total. The predicted octanol–water partition coefficient (Wildman–Crippen LogP) is 2.12. The standard InChI is InChI=1S/C11H21NO2/c1-2-10-6-4-3-5-8-12(10)9-7-11(13)14/h10H,2-9H2,1H3,(H,13,14). The van der Waals surface area contributed by atoms with Gasteiger partial charge in [0.2, 0.25) is 0 Å². The smallest absolute Gasteiger partial charge is 0.304 e. The van der Waals surface area contributed by atoms with Crippen LogP contribution in [0, 0.1) is 0 Å². The molecule has 82 valence electrons. The fourth-order valence-electron chi connectivity index (χ4n) is 2.23. The van der Waals surface area contributed by atoms with Crippen molar-refractivity contribution in [3.8, 4) is 0 Å². The van der Waals surface area contributed by atoms with Gasteiger partial charge < -0.3 is 5.11 Å². The van der Waals surface area contributed by atoms with Gasteiger partial charge in [-0.05, 0) is 25.8 Å². The van der Waals surface area contributed by atoms with Crippen molar-refractivity contribution in [2.45, 2.75) is 51.5 Å². The van der Waals surface area contributed by atoms with Crippen molar-refractivity contribution in [1.29, 1.82) is 0 Å². The van der Waals surface area contributed by atoms with Crippen molar-refractivity contribution in [2.24, 2.45) is 0 Å². The lowest BCUT2D eigenvalue weighted by molar-refractivity contribution is -0.137. The number of carboxylic acids is 1. The molecule has 3 nitrogen and oxygen atoms in total. The molecule has 1 saturated heterocycles. The lowest BCUT2D eigenvalue weighted by Crippen LogP contribution is -2.36. The van der Waals surface area contributed by atoms with Gasteiger partial charge in [0.15, 0.2) is 0 Å². The molecule has 0 amide bonds. The third kappa shape index (κ3) is 3.66. The second kappa shape index (κ2) is 6.02. The normalized spacial score (nSPS) is 24.5. The average Bonchev–Trinajstić information content (AvgIpc) is 2.38. The molecule has 0 aromatic rings. The van der Waals surface area contributed by atoms with Crippen LogP contribution in [0.4, 0.5) is 0 Å². The third-order valence-electron chi connectivity index (χ3n) is 3.08. The molecule has 1 fully saturated rings. The summed E-state index contributed by atoms with van der Waals surface area (Å²) in [5.41, 5.74) is 0. The number of nitrogens with zero attached hydrogens (tertiary/aromatic N) is 1. The molecule has 0 aliphatic carbocycles. The van der Waals surface area contributed by atoms with Crippen LogP contribution >= 0.6 is 0 Å². The van der Waals surface area contributed by atoms with E-state index in [1.54, 1.807) is 0 Å². The van der Waals surface area contributed by atoms with Crippen LogP contribution in [-0.2, 0) is 4.79 Å². The first-order valence-electron chi connectivity index (χ1n) is 5.70. The minimum atomic E-state index is -0.677. The molecule has 1 aliphatic heterocycles. The Bertz CT molecular complexity index is 182. The van der Waals surface area contributed by atoms with Crippen LogP contribution < -0.4 is 0 Å². The molecular weight excluding hydrogens is 178 g/mol. The first-order valence-corrected chi connectivity index (χ1v) is 5.70. The van der Waals surface area contributed by atoms with E-state index in [2.05, 4.69) is 11.8 Å². The Balaban J connectivity index is 2.39. The van der Waals surface area contributed by atoms with Gasteiger partial charge in [0, 0.05) is 12.6 Å². The van der Waals surface area contributed by atoms with Crippen LogP contribution in [0.2, 0.25) is 0 Å². The minimum absolute atomic E-state index is 0.288. The Hall–Kier alpha value is -0.570. The maximum absolute atomic E-state index is 10.5. The molecular formula is C11H21NO2. The summed E-state index contributed by atoms with van der Waals surface area (Å²) in [6.45, 7) is 4.02. The van der Waals surface area contributed by atoms with Gasteiger partial charge in [-0.15, -0.1) is 0 Å². The summed E-state index contributed by atoms with van der Waals surface area (Å²) in [5.74, 6) is -0.677. The number of likely N-dealkylation sites (tertiary alicyclic amines) is 1. The van der Waals surface area contributed by atoms with E-state index in [1.165, 1.54) is 25.7 Å². The summed E-state index contributed by atoms with van der Waals surface area (Å²) in [6.07, 6.45) is 6.53.